The summed E-state index contributed by atoms with van der Waals surface area (Å²) >= 11 is 0. The van der Waals surface area contributed by atoms with Crippen molar-refractivity contribution in [3.8, 4) is 11.1 Å². The van der Waals surface area contributed by atoms with Crippen molar-refractivity contribution in [1.82, 2.24) is 24.3 Å². The van der Waals surface area contributed by atoms with Gasteiger partial charge in [-0.3, -0.25) is 9.78 Å². The summed E-state index contributed by atoms with van der Waals surface area (Å²) in [7, 11) is -3.74. The summed E-state index contributed by atoms with van der Waals surface area (Å²) in [6, 6.07) is 11.2. The van der Waals surface area contributed by atoms with E-state index in [0.717, 1.165) is 34.5 Å². The standard InChI is InChI=1S/C22H22FN5O2S/c1-15-7-16(14-28(15)31(29,30)21-4-2-3-20(23)9-21)13-27-22-6-5-17(8-18(22)12-26-27)19-10-24-25-11-19/h2-6,8-12,15-16H,7,13-14H2,1H3,(H,24,25)/t15-,16?/m0/s1. The van der Waals surface area contributed by atoms with Crippen molar-refractivity contribution >= 4 is 20.9 Å². The monoisotopic (exact) mass is 439 g/mol. The Bertz CT molecular complexity index is 1330. The first-order valence-corrected chi connectivity index (χ1v) is 11.6. The van der Waals surface area contributed by atoms with E-state index in [1.165, 1.54) is 22.5 Å². The lowest BCUT2D eigenvalue weighted by Gasteiger charge is -2.21. The lowest BCUT2D eigenvalue weighted by molar-refractivity contribution is 0.396. The molecule has 1 aliphatic heterocycles. The van der Waals surface area contributed by atoms with E-state index in [2.05, 4.69) is 21.4 Å². The van der Waals surface area contributed by atoms with E-state index in [1.54, 1.807) is 6.20 Å². The van der Waals surface area contributed by atoms with Crippen LogP contribution in [0.4, 0.5) is 4.39 Å². The number of H-pyrrole nitrogens is 1. The average Bonchev–Trinajstić information content (AvgIpc) is 3.49. The molecule has 3 heterocycles. The molecular weight excluding hydrogens is 417 g/mol. The van der Waals surface area contributed by atoms with Crippen LogP contribution in [0.3, 0.4) is 0 Å². The molecule has 0 radical (unpaired) electrons. The number of benzene rings is 2. The van der Waals surface area contributed by atoms with Crippen LogP contribution in [0.25, 0.3) is 22.0 Å². The van der Waals surface area contributed by atoms with Gasteiger partial charge in [0.25, 0.3) is 0 Å². The number of aromatic nitrogens is 4. The summed E-state index contributed by atoms with van der Waals surface area (Å²) in [6.07, 6.45) is 6.18. The first-order chi connectivity index (χ1) is 14.9. The highest BCUT2D eigenvalue weighted by Crippen LogP contribution is 2.31. The van der Waals surface area contributed by atoms with Crippen molar-refractivity contribution < 1.29 is 12.8 Å². The minimum Gasteiger partial charge on any atom is -0.285 e. The normalized spacial score (nSPS) is 19.9. The molecule has 5 rings (SSSR count). The van der Waals surface area contributed by atoms with Crippen LogP contribution in [-0.4, -0.2) is 45.3 Å². The highest BCUT2D eigenvalue weighted by molar-refractivity contribution is 7.89. The van der Waals surface area contributed by atoms with Crippen LogP contribution in [0.2, 0.25) is 0 Å². The van der Waals surface area contributed by atoms with Crippen molar-refractivity contribution in [1.29, 1.82) is 0 Å². The van der Waals surface area contributed by atoms with Crippen LogP contribution in [0.15, 0.2) is 66.0 Å². The van der Waals surface area contributed by atoms with Gasteiger partial charge in [-0.25, -0.2) is 12.8 Å². The first kappa shape index (κ1) is 19.9. The van der Waals surface area contributed by atoms with Gasteiger partial charge in [-0.2, -0.15) is 14.5 Å². The molecule has 0 bridgehead atoms. The van der Waals surface area contributed by atoms with Gasteiger partial charge in [0.1, 0.15) is 5.82 Å². The quantitative estimate of drug-likeness (QED) is 0.514. The molecule has 0 amide bonds. The van der Waals surface area contributed by atoms with Crippen LogP contribution in [0, 0.1) is 11.7 Å². The van der Waals surface area contributed by atoms with E-state index in [4.69, 9.17) is 0 Å². The van der Waals surface area contributed by atoms with Crippen LogP contribution < -0.4 is 0 Å². The molecule has 1 saturated heterocycles. The Morgan fingerprint density at radius 2 is 2.03 bits per heavy atom. The zero-order chi connectivity index (χ0) is 21.6. The number of rotatable bonds is 5. The largest absolute Gasteiger partial charge is 0.285 e. The zero-order valence-electron chi connectivity index (χ0n) is 16.9. The van der Waals surface area contributed by atoms with Crippen molar-refractivity contribution in [2.75, 3.05) is 6.54 Å². The van der Waals surface area contributed by atoms with Crippen LogP contribution in [0.5, 0.6) is 0 Å². The maximum absolute atomic E-state index is 13.6. The Kier molecular flexibility index (Phi) is 4.86. The van der Waals surface area contributed by atoms with Crippen molar-refractivity contribution in [2.24, 2.45) is 5.92 Å². The Balaban J connectivity index is 1.36. The highest BCUT2D eigenvalue weighted by Gasteiger charge is 2.38. The highest BCUT2D eigenvalue weighted by atomic mass is 32.2. The van der Waals surface area contributed by atoms with Crippen LogP contribution >= 0.6 is 0 Å². The lowest BCUT2D eigenvalue weighted by atomic mass is 10.1. The lowest BCUT2D eigenvalue weighted by Crippen LogP contribution is -2.34. The number of hydrogen-bond donors (Lipinski definition) is 1. The van der Waals surface area contributed by atoms with E-state index < -0.39 is 15.8 Å². The van der Waals surface area contributed by atoms with Gasteiger partial charge >= 0.3 is 0 Å². The van der Waals surface area contributed by atoms with E-state index in [1.807, 2.05) is 36.1 Å². The molecule has 2 atom stereocenters. The Morgan fingerprint density at radius 3 is 2.81 bits per heavy atom. The van der Waals surface area contributed by atoms with Gasteiger partial charge in [-0.05, 0) is 55.2 Å². The third-order valence-electron chi connectivity index (χ3n) is 5.91. The van der Waals surface area contributed by atoms with Gasteiger partial charge in [0, 0.05) is 36.3 Å². The maximum atomic E-state index is 13.6. The molecule has 2 aromatic carbocycles. The summed E-state index contributed by atoms with van der Waals surface area (Å²) in [4.78, 5) is -0.00341. The molecule has 2 aromatic heterocycles. The smallest absolute Gasteiger partial charge is 0.243 e. The van der Waals surface area contributed by atoms with Crippen molar-refractivity contribution in [3.05, 3.63) is 66.9 Å². The number of aromatic amines is 1. The molecule has 0 saturated carbocycles. The molecule has 160 valence electrons. The summed E-state index contributed by atoms with van der Waals surface area (Å²) in [5.41, 5.74) is 3.08. The number of nitrogens with zero attached hydrogens (tertiary/aromatic N) is 4. The fourth-order valence-electron chi connectivity index (χ4n) is 4.40. The minimum absolute atomic E-state index is 0.00341. The van der Waals surface area contributed by atoms with Crippen LogP contribution in [0.1, 0.15) is 13.3 Å². The van der Waals surface area contributed by atoms with Gasteiger partial charge in [0.2, 0.25) is 10.0 Å². The average molecular weight is 440 g/mol. The molecule has 1 aliphatic rings. The predicted molar refractivity (Wildman–Crippen MR) is 115 cm³/mol. The number of halogens is 1. The molecule has 1 fully saturated rings. The van der Waals surface area contributed by atoms with Gasteiger partial charge < -0.3 is 0 Å². The summed E-state index contributed by atoms with van der Waals surface area (Å²) in [6.45, 7) is 2.90. The Labute approximate surface area is 179 Å². The summed E-state index contributed by atoms with van der Waals surface area (Å²) in [5.74, 6) is -0.433. The molecule has 1 N–H and O–H groups in total. The minimum atomic E-state index is -3.74. The van der Waals surface area contributed by atoms with E-state index >= 15 is 0 Å². The number of nitrogens with one attached hydrogen (secondary N) is 1. The second-order valence-corrected chi connectivity index (χ2v) is 9.96. The van der Waals surface area contributed by atoms with E-state index in [9.17, 15) is 12.8 Å². The molecule has 9 heteroatoms. The second kappa shape index (κ2) is 7.58. The first-order valence-electron chi connectivity index (χ1n) is 10.1. The SMILES string of the molecule is C[C@H]1CC(Cn2ncc3cc(-c4cn[nH]c4)ccc32)CN1S(=O)(=O)c1cccc(F)c1. The fourth-order valence-corrected chi connectivity index (χ4v) is 6.15. The molecule has 0 spiro atoms. The molecule has 1 unspecified atom stereocenters. The fraction of sp³-hybridized carbons (Fsp3) is 0.273. The number of sulfonamides is 1. The van der Waals surface area contributed by atoms with Gasteiger partial charge in [-0.1, -0.05) is 12.1 Å². The third-order valence-corrected chi connectivity index (χ3v) is 7.89. The third kappa shape index (κ3) is 3.64. The molecule has 31 heavy (non-hydrogen) atoms. The molecular formula is C22H22FN5O2S. The second-order valence-electron chi connectivity index (χ2n) is 8.07. The Morgan fingerprint density at radius 1 is 1.16 bits per heavy atom. The topological polar surface area (TPSA) is 83.9 Å². The van der Waals surface area contributed by atoms with E-state index in [0.29, 0.717) is 13.1 Å². The predicted octanol–water partition coefficient (Wildman–Crippen LogP) is 3.66. The maximum Gasteiger partial charge on any atom is 0.243 e. The van der Waals surface area contributed by atoms with Gasteiger partial charge in [0.05, 0.1) is 22.8 Å². The van der Waals surface area contributed by atoms with Gasteiger partial charge in [0.15, 0.2) is 0 Å². The van der Waals surface area contributed by atoms with E-state index in [-0.39, 0.29) is 16.9 Å². The summed E-state index contributed by atoms with van der Waals surface area (Å²) in [5, 5.41) is 12.4. The zero-order valence-corrected chi connectivity index (χ0v) is 17.8. The molecule has 7 nitrogen and oxygen atoms in total. The van der Waals surface area contributed by atoms with Crippen molar-refractivity contribution in [2.45, 2.75) is 30.8 Å². The van der Waals surface area contributed by atoms with Gasteiger partial charge in [-0.15, -0.1) is 0 Å². The molecule has 0 aliphatic carbocycles. The Hall–Kier alpha value is -3.04. The van der Waals surface area contributed by atoms with Crippen molar-refractivity contribution in [3.63, 3.8) is 0 Å². The summed E-state index contributed by atoms with van der Waals surface area (Å²) < 4.78 is 43.1. The van der Waals surface area contributed by atoms with Crippen LogP contribution in [-0.2, 0) is 16.6 Å². The number of hydrogen-bond acceptors (Lipinski definition) is 4. The molecule has 4 aromatic rings. The number of fused-ring (bicyclic) bond motifs is 1.